The maximum absolute atomic E-state index is 11.8. The highest BCUT2D eigenvalue weighted by Gasteiger charge is 2.20. The monoisotopic (exact) mass is 322 g/mol. The van der Waals surface area contributed by atoms with Gasteiger partial charge in [-0.1, -0.05) is 13.8 Å². The molecular formula is C14H18N4O5. The van der Waals surface area contributed by atoms with Crippen LogP contribution < -0.4 is 10.9 Å². The van der Waals surface area contributed by atoms with E-state index in [1.165, 1.54) is 13.1 Å². The number of carbonyl (C=O) groups excluding carboxylic acids is 1. The summed E-state index contributed by atoms with van der Waals surface area (Å²) in [6, 6.07) is 1.23. The van der Waals surface area contributed by atoms with Gasteiger partial charge < -0.3 is 15.0 Å². The molecule has 2 aromatic rings. The molecule has 0 aromatic carbocycles. The molecule has 0 radical (unpaired) electrons. The van der Waals surface area contributed by atoms with Gasteiger partial charge in [-0.2, -0.15) is 0 Å². The summed E-state index contributed by atoms with van der Waals surface area (Å²) < 4.78 is 4.78. The number of aromatic nitrogens is 2. The Morgan fingerprint density at radius 3 is 2.65 bits per heavy atom. The van der Waals surface area contributed by atoms with E-state index < -0.39 is 16.5 Å². The topological polar surface area (TPSA) is 127 Å². The van der Waals surface area contributed by atoms with Crippen molar-refractivity contribution in [2.24, 2.45) is 0 Å². The summed E-state index contributed by atoms with van der Waals surface area (Å²) >= 11 is 0. The molecule has 23 heavy (non-hydrogen) atoms. The third-order valence-corrected chi connectivity index (χ3v) is 2.80. The number of nitro groups is 1. The number of ether oxygens (including phenoxy) is 1. The van der Waals surface area contributed by atoms with E-state index in [0.717, 1.165) is 6.20 Å². The number of carbonyl (C=O) groups is 1. The lowest BCUT2D eigenvalue weighted by Gasteiger charge is -2.07. The van der Waals surface area contributed by atoms with Gasteiger partial charge >= 0.3 is 11.7 Å². The molecule has 2 rings (SSSR count). The highest BCUT2D eigenvalue weighted by atomic mass is 16.6. The third-order valence-electron chi connectivity index (χ3n) is 2.80. The van der Waals surface area contributed by atoms with Crippen LogP contribution in [-0.4, -0.2) is 34.5 Å². The van der Waals surface area contributed by atoms with Crippen LogP contribution in [0.1, 0.15) is 31.1 Å². The van der Waals surface area contributed by atoms with Crippen LogP contribution in [-0.2, 0) is 4.74 Å². The Kier molecular flexibility index (Phi) is 6.19. The summed E-state index contributed by atoms with van der Waals surface area (Å²) in [7, 11) is 1.50. The van der Waals surface area contributed by atoms with Crippen LogP contribution in [0.2, 0.25) is 0 Å². The first-order valence-corrected chi connectivity index (χ1v) is 7.04. The molecular weight excluding hydrogens is 304 g/mol. The predicted octanol–water partition coefficient (Wildman–Crippen LogP) is 2.08. The molecule has 0 spiro atoms. The second-order valence-corrected chi connectivity index (χ2v) is 4.02. The average molecular weight is 322 g/mol. The molecule has 0 bridgehead atoms. The fourth-order valence-electron chi connectivity index (χ4n) is 1.90. The summed E-state index contributed by atoms with van der Waals surface area (Å²) in [5, 5.41) is 13.9. The number of nitrogens with one attached hydrogen (secondary N) is 2. The number of pyridine rings is 2. The molecule has 0 aliphatic carbocycles. The second kappa shape index (κ2) is 7.87. The largest absolute Gasteiger partial charge is 0.462 e. The first-order valence-electron chi connectivity index (χ1n) is 7.04. The van der Waals surface area contributed by atoms with Crippen molar-refractivity contribution >= 4 is 28.4 Å². The Balaban J connectivity index is 0.00000127. The summed E-state index contributed by atoms with van der Waals surface area (Å²) in [4.78, 5) is 40.1. The first-order chi connectivity index (χ1) is 11.0. The normalized spacial score (nSPS) is 9.74. The number of hydrogen-bond acceptors (Lipinski definition) is 7. The minimum Gasteiger partial charge on any atom is -0.462 e. The number of nitrogens with zero attached hydrogens (tertiary/aromatic N) is 2. The van der Waals surface area contributed by atoms with Crippen LogP contribution in [0.15, 0.2) is 17.1 Å². The molecule has 0 unspecified atom stereocenters. The van der Waals surface area contributed by atoms with E-state index in [1.807, 2.05) is 13.8 Å². The minimum atomic E-state index is -0.797. The van der Waals surface area contributed by atoms with Gasteiger partial charge in [-0.15, -0.1) is 0 Å². The smallest absolute Gasteiger partial charge is 0.343 e. The molecule has 0 amide bonds. The SMILES string of the molecule is CC.CCOC(=O)c1cc2c(NC)c([N+](=O)[O-])cnc2[nH]c1=O. The molecule has 9 nitrogen and oxygen atoms in total. The molecule has 0 aliphatic rings. The Morgan fingerprint density at radius 1 is 1.48 bits per heavy atom. The molecule has 9 heteroatoms. The summed E-state index contributed by atoms with van der Waals surface area (Å²) in [6.45, 7) is 5.72. The van der Waals surface area contributed by atoms with Crippen molar-refractivity contribution in [2.45, 2.75) is 20.8 Å². The molecule has 2 aromatic heterocycles. The van der Waals surface area contributed by atoms with Crippen molar-refractivity contribution < 1.29 is 14.5 Å². The number of rotatable bonds is 4. The zero-order valence-electron chi connectivity index (χ0n) is 13.3. The van der Waals surface area contributed by atoms with Gasteiger partial charge in [0.05, 0.1) is 11.5 Å². The summed E-state index contributed by atoms with van der Waals surface area (Å²) in [5.41, 5.74) is -0.853. The Hall–Kier alpha value is -2.97. The lowest BCUT2D eigenvalue weighted by atomic mass is 10.1. The lowest BCUT2D eigenvalue weighted by Crippen LogP contribution is -2.20. The highest BCUT2D eigenvalue weighted by molar-refractivity contribution is 5.99. The predicted molar refractivity (Wildman–Crippen MR) is 85.9 cm³/mol. The van der Waals surface area contributed by atoms with E-state index in [0.29, 0.717) is 0 Å². The van der Waals surface area contributed by atoms with Gasteiger partial charge in [-0.25, -0.2) is 9.78 Å². The van der Waals surface area contributed by atoms with Crippen molar-refractivity contribution in [1.29, 1.82) is 0 Å². The quantitative estimate of drug-likeness (QED) is 0.501. The van der Waals surface area contributed by atoms with Gasteiger partial charge in [-0.05, 0) is 13.0 Å². The van der Waals surface area contributed by atoms with E-state index in [2.05, 4.69) is 15.3 Å². The Morgan fingerprint density at radius 2 is 2.13 bits per heavy atom. The van der Waals surface area contributed by atoms with Crippen LogP contribution >= 0.6 is 0 Å². The van der Waals surface area contributed by atoms with Crippen molar-refractivity contribution in [3.05, 3.63) is 38.3 Å². The lowest BCUT2D eigenvalue weighted by molar-refractivity contribution is -0.384. The number of aromatic amines is 1. The first kappa shape index (κ1) is 18.1. The van der Waals surface area contributed by atoms with Gasteiger partial charge in [0.15, 0.2) is 0 Å². The maximum Gasteiger partial charge on any atom is 0.343 e. The third kappa shape index (κ3) is 3.62. The van der Waals surface area contributed by atoms with Crippen LogP contribution in [0.3, 0.4) is 0 Å². The van der Waals surface area contributed by atoms with E-state index in [-0.39, 0.29) is 34.6 Å². The van der Waals surface area contributed by atoms with Crippen LogP contribution in [0.25, 0.3) is 11.0 Å². The van der Waals surface area contributed by atoms with E-state index in [1.54, 1.807) is 6.92 Å². The van der Waals surface area contributed by atoms with Crippen molar-refractivity contribution in [1.82, 2.24) is 9.97 Å². The van der Waals surface area contributed by atoms with Gasteiger partial charge in [0.1, 0.15) is 23.1 Å². The number of anilines is 1. The average Bonchev–Trinajstić information content (AvgIpc) is 2.54. The number of fused-ring (bicyclic) bond motifs is 1. The van der Waals surface area contributed by atoms with Gasteiger partial charge in [0.2, 0.25) is 0 Å². The Labute approximate surface area is 131 Å². The van der Waals surface area contributed by atoms with E-state index >= 15 is 0 Å². The second-order valence-electron chi connectivity index (χ2n) is 4.02. The van der Waals surface area contributed by atoms with Crippen LogP contribution in [0, 0.1) is 10.1 Å². The standard InChI is InChI=1S/C12H12N4O5.C2H6/c1-3-21-12(18)7-4-6-9(13-2)8(16(19)20)5-14-10(6)15-11(7)17;1-2/h4-5H,3H2,1-2H3,(H2,13,14,15,17);1-2H3. The fourth-order valence-corrected chi connectivity index (χ4v) is 1.90. The zero-order valence-corrected chi connectivity index (χ0v) is 13.3. The molecule has 0 saturated heterocycles. The maximum atomic E-state index is 11.8. The molecule has 0 aliphatic heterocycles. The number of hydrogen-bond donors (Lipinski definition) is 2. The molecule has 2 N–H and O–H groups in total. The van der Waals surface area contributed by atoms with Crippen LogP contribution in [0.4, 0.5) is 11.4 Å². The molecule has 0 atom stereocenters. The zero-order chi connectivity index (χ0) is 17.6. The van der Waals surface area contributed by atoms with Gasteiger partial charge in [0.25, 0.3) is 5.56 Å². The van der Waals surface area contributed by atoms with Crippen molar-refractivity contribution in [3.8, 4) is 0 Å². The van der Waals surface area contributed by atoms with Gasteiger partial charge in [0, 0.05) is 12.4 Å². The van der Waals surface area contributed by atoms with Crippen LogP contribution in [0.5, 0.6) is 0 Å². The van der Waals surface area contributed by atoms with Crippen molar-refractivity contribution in [2.75, 3.05) is 19.0 Å². The summed E-state index contributed by atoms with van der Waals surface area (Å²) in [6.07, 6.45) is 1.04. The van der Waals surface area contributed by atoms with E-state index in [4.69, 9.17) is 4.74 Å². The molecule has 0 fully saturated rings. The van der Waals surface area contributed by atoms with Gasteiger partial charge in [-0.3, -0.25) is 14.9 Å². The molecule has 0 saturated carbocycles. The summed E-state index contributed by atoms with van der Waals surface area (Å²) in [5.74, 6) is -0.797. The number of esters is 1. The van der Waals surface area contributed by atoms with Crippen molar-refractivity contribution in [3.63, 3.8) is 0 Å². The number of H-pyrrole nitrogens is 1. The Bertz CT molecular complexity index is 785. The minimum absolute atomic E-state index is 0.113. The van der Waals surface area contributed by atoms with E-state index in [9.17, 15) is 19.7 Å². The molecule has 2 heterocycles. The molecule has 124 valence electrons. The fraction of sp³-hybridized carbons (Fsp3) is 0.357. The highest BCUT2D eigenvalue weighted by Crippen LogP contribution is 2.30.